The predicted octanol–water partition coefficient (Wildman–Crippen LogP) is 4.94. The number of hydrogen-bond donors (Lipinski definition) is 1. The van der Waals surface area contributed by atoms with Crippen LogP contribution in [0.25, 0.3) is 0 Å². The number of nitrogens with one attached hydrogen (secondary N) is 1. The highest BCUT2D eigenvalue weighted by molar-refractivity contribution is 6.00. The van der Waals surface area contributed by atoms with Gasteiger partial charge in [-0.3, -0.25) is 9.69 Å². The topological polar surface area (TPSA) is 32.3 Å². The van der Waals surface area contributed by atoms with Gasteiger partial charge >= 0.3 is 0 Å². The number of benzene rings is 1. The Morgan fingerprint density at radius 2 is 2.04 bits per heavy atom. The number of para-hydroxylation sites is 1. The number of amides is 1. The number of rotatable bonds is 6. The number of carbonyl (C=O) groups is 1. The summed E-state index contributed by atoms with van der Waals surface area (Å²) in [5.41, 5.74) is 3.45. The van der Waals surface area contributed by atoms with Crippen LogP contribution < -0.4 is 10.2 Å². The summed E-state index contributed by atoms with van der Waals surface area (Å²) in [4.78, 5) is 14.7. The number of hydrogen-bond acceptors (Lipinski definition) is 2. The SMILES string of the molecule is C[C@@H](CC1CCCC1)NCc1ccccc1N1C(=O)CC2CC=CC=C21. The van der Waals surface area contributed by atoms with E-state index in [4.69, 9.17) is 0 Å². The van der Waals surface area contributed by atoms with E-state index >= 15 is 0 Å². The zero-order valence-electron chi connectivity index (χ0n) is 15.8. The number of anilines is 1. The number of allylic oxidation sites excluding steroid dienone is 4. The lowest BCUT2D eigenvalue weighted by Crippen LogP contribution is -2.29. The van der Waals surface area contributed by atoms with Crippen LogP contribution in [0.2, 0.25) is 0 Å². The third kappa shape index (κ3) is 3.64. The smallest absolute Gasteiger partial charge is 0.231 e. The molecule has 3 nitrogen and oxygen atoms in total. The average Bonchev–Trinajstić information content (AvgIpc) is 3.27. The summed E-state index contributed by atoms with van der Waals surface area (Å²) < 4.78 is 0. The number of fused-ring (bicyclic) bond motifs is 1. The molecular formula is C23H30N2O. The maximum Gasteiger partial charge on any atom is 0.231 e. The molecule has 4 rings (SSSR count). The summed E-state index contributed by atoms with van der Waals surface area (Å²) in [5.74, 6) is 1.49. The molecule has 2 aliphatic carbocycles. The van der Waals surface area contributed by atoms with Gasteiger partial charge in [0, 0.05) is 30.6 Å². The molecular weight excluding hydrogens is 320 g/mol. The summed E-state index contributed by atoms with van der Waals surface area (Å²) in [5, 5.41) is 3.71. The Hall–Kier alpha value is -1.87. The Morgan fingerprint density at radius 3 is 2.88 bits per heavy atom. The lowest BCUT2D eigenvalue weighted by molar-refractivity contribution is -0.117. The molecule has 3 heteroatoms. The second-order valence-corrected chi connectivity index (χ2v) is 8.18. The van der Waals surface area contributed by atoms with Gasteiger partial charge in [-0.05, 0) is 43.4 Å². The maximum absolute atomic E-state index is 12.7. The quantitative estimate of drug-likeness (QED) is 0.788. The van der Waals surface area contributed by atoms with Gasteiger partial charge in [0.2, 0.25) is 5.91 Å². The molecule has 0 radical (unpaired) electrons. The minimum absolute atomic E-state index is 0.233. The fraction of sp³-hybridized carbons (Fsp3) is 0.522. The van der Waals surface area contributed by atoms with Crippen molar-refractivity contribution in [2.75, 3.05) is 4.90 Å². The van der Waals surface area contributed by atoms with Crippen LogP contribution in [0.15, 0.2) is 48.2 Å². The van der Waals surface area contributed by atoms with E-state index in [0.29, 0.717) is 18.4 Å². The van der Waals surface area contributed by atoms with E-state index in [9.17, 15) is 4.79 Å². The van der Waals surface area contributed by atoms with Crippen molar-refractivity contribution >= 4 is 11.6 Å². The lowest BCUT2D eigenvalue weighted by Gasteiger charge is -2.25. The van der Waals surface area contributed by atoms with Crippen LogP contribution in [0.1, 0.15) is 57.4 Å². The van der Waals surface area contributed by atoms with Crippen molar-refractivity contribution in [3.05, 3.63) is 53.8 Å². The molecule has 1 heterocycles. The van der Waals surface area contributed by atoms with E-state index in [1.165, 1.54) is 43.4 Å². The van der Waals surface area contributed by atoms with Gasteiger partial charge in [-0.2, -0.15) is 0 Å². The van der Waals surface area contributed by atoms with Crippen molar-refractivity contribution in [3.8, 4) is 0 Å². The predicted molar refractivity (Wildman–Crippen MR) is 107 cm³/mol. The Morgan fingerprint density at radius 1 is 1.23 bits per heavy atom. The van der Waals surface area contributed by atoms with Gasteiger partial charge in [0.25, 0.3) is 0 Å². The molecule has 2 atom stereocenters. The van der Waals surface area contributed by atoms with E-state index in [0.717, 1.165) is 24.6 Å². The number of nitrogens with zero attached hydrogens (tertiary/aromatic N) is 1. The van der Waals surface area contributed by atoms with Gasteiger partial charge in [-0.25, -0.2) is 0 Å². The van der Waals surface area contributed by atoms with Crippen molar-refractivity contribution in [3.63, 3.8) is 0 Å². The Labute approximate surface area is 157 Å². The summed E-state index contributed by atoms with van der Waals surface area (Å²) in [6, 6.07) is 8.89. The first-order valence-electron chi connectivity index (χ1n) is 10.2. The molecule has 0 bridgehead atoms. The van der Waals surface area contributed by atoms with Crippen LogP contribution in [-0.4, -0.2) is 11.9 Å². The second-order valence-electron chi connectivity index (χ2n) is 8.18. The highest BCUT2D eigenvalue weighted by Crippen LogP contribution is 2.39. The minimum atomic E-state index is 0.233. The van der Waals surface area contributed by atoms with E-state index in [2.05, 4.69) is 48.7 Å². The maximum atomic E-state index is 12.7. The Kier molecular flexibility index (Phi) is 5.26. The molecule has 1 aliphatic heterocycles. The molecule has 1 amide bonds. The van der Waals surface area contributed by atoms with Crippen LogP contribution in [0.5, 0.6) is 0 Å². The van der Waals surface area contributed by atoms with E-state index in [1.54, 1.807) is 0 Å². The fourth-order valence-electron chi connectivity index (χ4n) is 4.82. The zero-order chi connectivity index (χ0) is 17.9. The minimum Gasteiger partial charge on any atom is -0.310 e. The molecule has 1 aromatic rings. The van der Waals surface area contributed by atoms with Gasteiger partial charge in [-0.1, -0.05) is 56.0 Å². The van der Waals surface area contributed by atoms with Gasteiger partial charge in [-0.15, -0.1) is 0 Å². The molecule has 2 fully saturated rings. The van der Waals surface area contributed by atoms with Crippen LogP contribution >= 0.6 is 0 Å². The zero-order valence-corrected chi connectivity index (χ0v) is 15.8. The molecule has 3 aliphatic rings. The number of carbonyl (C=O) groups excluding carboxylic acids is 1. The summed E-state index contributed by atoms with van der Waals surface area (Å²) >= 11 is 0. The standard InChI is InChI=1S/C23H30N2O/c1-17(14-18-8-2-3-9-18)24-16-20-11-5-7-13-22(20)25-21-12-6-4-10-19(21)15-23(25)26/h4-7,11-13,17-19,24H,2-3,8-10,14-16H2,1H3/t17-,19?/m0/s1. The second kappa shape index (κ2) is 7.79. The highest BCUT2D eigenvalue weighted by atomic mass is 16.2. The highest BCUT2D eigenvalue weighted by Gasteiger charge is 2.36. The Balaban J connectivity index is 1.47. The van der Waals surface area contributed by atoms with Crippen molar-refractivity contribution < 1.29 is 4.79 Å². The molecule has 0 spiro atoms. The van der Waals surface area contributed by atoms with Gasteiger partial charge in [0.15, 0.2) is 0 Å². The molecule has 26 heavy (non-hydrogen) atoms. The summed E-state index contributed by atoms with van der Waals surface area (Å²) in [6.07, 6.45) is 14.9. The molecule has 1 saturated carbocycles. The van der Waals surface area contributed by atoms with Gasteiger partial charge < -0.3 is 5.32 Å². The van der Waals surface area contributed by atoms with E-state index < -0.39 is 0 Å². The third-order valence-corrected chi connectivity index (χ3v) is 6.21. The Bertz CT molecular complexity index is 715. The first-order chi connectivity index (χ1) is 12.7. The molecule has 138 valence electrons. The van der Waals surface area contributed by atoms with Gasteiger partial charge in [0.05, 0.1) is 5.69 Å². The van der Waals surface area contributed by atoms with Crippen LogP contribution in [-0.2, 0) is 11.3 Å². The third-order valence-electron chi connectivity index (χ3n) is 6.21. The fourth-order valence-corrected chi connectivity index (χ4v) is 4.82. The average molecular weight is 351 g/mol. The van der Waals surface area contributed by atoms with Crippen molar-refractivity contribution in [1.82, 2.24) is 5.32 Å². The van der Waals surface area contributed by atoms with Crippen LogP contribution in [0.4, 0.5) is 5.69 Å². The largest absolute Gasteiger partial charge is 0.310 e. The monoisotopic (exact) mass is 350 g/mol. The molecule has 1 N–H and O–H groups in total. The van der Waals surface area contributed by atoms with Crippen LogP contribution in [0.3, 0.4) is 0 Å². The summed E-state index contributed by atoms with van der Waals surface area (Å²) in [7, 11) is 0. The lowest BCUT2D eigenvalue weighted by atomic mass is 9.97. The molecule has 1 aromatic carbocycles. The van der Waals surface area contributed by atoms with Crippen molar-refractivity contribution in [1.29, 1.82) is 0 Å². The van der Waals surface area contributed by atoms with E-state index in [-0.39, 0.29) is 5.91 Å². The first kappa shape index (κ1) is 17.5. The van der Waals surface area contributed by atoms with Crippen molar-refractivity contribution in [2.24, 2.45) is 11.8 Å². The van der Waals surface area contributed by atoms with Crippen molar-refractivity contribution in [2.45, 2.75) is 64.5 Å². The molecule has 1 saturated heterocycles. The van der Waals surface area contributed by atoms with Crippen LogP contribution in [0, 0.1) is 11.8 Å². The molecule has 1 unspecified atom stereocenters. The molecule has 0 aromatic heterocycles. The first-order valence-corrected chi connectivity index (χ1v) is 10.2. The summed E-state index contributed by atoms with van der Waals surface area (Å²) in [6.45, 7) is 3.12. The normalized spacial score (nSPS) is 24.0. The van der Waals surface area contributed by atoms with Gasteiger partial charge in [0.1, 0.15) is 0 Å². The van der Waals surface area contributed by atoms with E-state index in [1.807, 2.05) is 11.0 Å².